The summed E-state index contributed by atoms with van der Waals surface area (Å²) in [4.78, 5) is 57.3. The molecule has 17 heteroatoms. The van der Waals surface area contributed by atoms with E-state index in [9.17, 15) is 14.7 Å². The molecule has 63 heavy (non-hydrogen) atoms. The molecule has 4 aromatic heterocycles. The number of anilines is 4. The molecule has 2 aliphatic heterocycles. The topological polar surface area (TPSA) is 186 Å². The number of benzene rings is 2. The van der Waals surface area contributed by atoms with Crippen molar-refractivity contribution in [2.75, 3.05) is 45.6 Å². The minimum atomic E-state index is -0.725. The second-order valence-corrected chi connectivity index (χ2v) is 19.0. The van der Waals surface area contributed by atoms with Gasteiger partial charge in [0.05, 0.1) is 61.0 Å². The number of carboxylic acids is 1. The van der Waals surface area contributed by atoms with Gasteiger partial charge >= 0.3 is 5.97 Å². The van der Waals surface area contributed by atoms with E-state index in [4.69, 9.17) is 14.2 Å². The molecule has 4 aliphatic rings. The normalized spacial score (nSPS) is 17.0. The predicted molar refractivity (Wildman–Crippen MR) is 247 cm³/mol. The number of nitrogens with zero attached hydrogens (tertiary/aromatic N) is 7. The summed E-state index contributed by atoms with van der Waals surface area (Å²) in [6.45, 7) is 5.91. The number of aliphatic imine (C=N–C) groups is 2. The Balaban J connectivity index is 0.000000164. The Labute approximate surface area is 372 Å². The van der Waals surface area contributed by atoms with Crippen molar-refractivity contribution in [2.24, 2.45) is 21.8 Å². The molecule has 0 spiro atoms. The molecule has 2 aliphatic carbocycles. The van der Waals surface area contributed by atoms with Crippen molar-refractivity contribution >= 4 is 90.4 Å². The second-order valence-electron chi connectivity index (χ2n) is 16.9. The van der Waals surface area contributed by atoms with E-state index in [2.05, 4.69) is 46.6 Å². The van der Waals surface area contributed by atoms with Gasteiger partial charge in [-0.1, -0.05) is 0 Å². The number of rotatable bonds is 11. The zero-order valence-corrected chi connectivity index (χ0v) is 37.7. The van der Waals surface area contributed by atoms with Gasteiger partial charge in [0.15, 0.2) is 0 Å². The molecule has 3 N–H and O–H groups in total. The van der Waals surface area contributed by atoms with Crippen LogP contribution >= 0.6 is 22.7 Å². The van der Waals surface area contributed by atoms with Crippen LogP contribution < -0.4 is 20.1 Å². The van der Waals surface area contributed by atoms with Crippen LogP contribution in [-0.2, 0) is 53.1 Å². The summed E-state index contributed by atoms with van der Waals surface area (Å²) in [7, 11) is 6.87. The summed E-state index contributed by atoms with van der Waals surface area (Å²) >= 11 is 3.23. The number of aryl methyl sites for hydroxylation is 2. The second kappa shape index (κ2) is 17.3. The Morgan fingerprint density at radius 3 is 1.73 bits per heavy atom. The number of likely N-dealkylation sites (N-methyl/N-ethyl adjacent to an activating group) is 1. The van der Waals surface area contributed by atoms with Crippen molar-refractivity contribution < 1.29 is 28.9 Å². The van der Waals surface area contributed by atoms with Gasteiger partial charge in [0.25, 0.3) is 0 Å². The van der Waals surface area contributed by atoms with Crippen molar-refractivity contribution in [2.45, 2.75) is 71.1 Å². The first-order chi connectivity index (χ1) is 30.4. The molecule has 0 saturated carbocycles. The highest BCUT2D eigenvalue weighted by Gasteiger charge is 2.33. The van der Waals surface area contributed by atoms with Gasteiger partial charge in [0.1, 0.15) is 45.5 Å². The molecule has 0 unspecified atom stereocenters. The molecule has 326 valence electrons. The molecule has 0 bridgehead atoms. The van der Waals surface area contributed by atoms with Crippen molar-refractivity contribution in [3.8, 4) is 11.5 Å². The van der Waals surface area contributed by atoms with Crippen LogP contribution in [0.4, 0.5) is 23.0 Å². The Kier molecular flexibility index (Phi) is 11.6. The number of aliphatic carboxylic acids is 1. The molecule has 6 heterocycles. The van der Waals surface area contributed by atoms with E-state index in [-0.39, 0.29) is 23.3 Å². The van der Waals surface area contributed by atoms with Crippen LogP contribution in [0.2, 0.25) is 0 Å². The third-order valence-corrected chi connectivity index (χ3v) is 14.7. The number of methoxy groups -OCH3 is 3. The number of hydrogen-bond donors (Lipinski definition) is 3. The molecule has 2 atom stereocenters. The maximum absolute atomic E-state index is 13.2. The SMILES string of the molecule is COc1cc2c(cc1Nc1ncnc3sc4c(c13)CC[C@H](C(=O)N(C)CC(C)(C)OC)C4)C=NC2.COc1cc2c(cc1Nc1ncnc3sc4c(c13)CC[C@H](C(=O)O)C4)C=NC2. The average Bonchev–Trinajstić information content (AvgIpc) is 4.10. The average molecular weight is 888 g/mol. The number of aromatic nitrogens is 4. The number of ether oxygens (including phenoxy) is 3. The van der Waals surface area contributed by atoms with Crippen LogP contribution in [0.5, 0.6) is 11.5 Å². The lowest BCUT2D eigenvalue weighted by Crippen LogP contribution is -2.44. The van der Waals surface area contributed by atoms with E-state index in [1.54, 1.807) is 56.7 Å². The fourth-order valence-electron chi connectivity index (χ4n) is 8.92. The van der Waals surface area contributed by atoms with Crippen molar-refractivity contribution in [1.82, 2.24) is 24.8 Å². The lowest BCUT2D eigenvalue weighted by Gasteiger charge is -2.32. The smallest absolute Gasteiger partial charge is 0.306 e. The van der Waals surface area contributed by atoms with Gasteiger partial charge in [-0.15, -0.1) is 22.7 Å². The summed E-state index contributed by atoms with van der Waals surface area (Å²) in [5.41, 5.74) is 8.19. The highest BCUT2D eigenvalue weighted by atomic mass is 32.1. The maximum atomic E-state index is 13.2. The third kappa shape index (κ3) is 8.32. The van der Waals surface area contributed by atoms with Gasteiger partial charge < -0.3 is 34.9 Å². The number of thiophene rings is 2. The van der Waals surface area contributed by atoms with E-state index < -0.39 is 5.97 Å². The van der Waals surface area contributed by atoms with Crippen molar-refractivity contribution in [3.05, 3.63) is 80.1 Å². The maximum Gasteiger partial charge on any atom is 0.306 e. The number of fused-ring (bicyclic) bond motifs is 8. The van der Waals surface area contributed by atoms with E-state index in [1.807, 2.05) is 56.4 Å². The molecular formula is C46H49N9O6S2. The quantitative estimate of drug-likeness (QED) is 0.114. The largest absolute Gasteiger partial charge is 0.495 e. The minimum absolute atomic E-state index is 0.0336. The standard InChI is InChI=1S/C26H31N5O3S.C20H18N4O3S/c1-26(2,34-5)13-31(3)25(32)15-6-7-18-21(10-15)35-24-22(18)23(28-14-29-24)30-19-8-16-11-27-12-17(16)9-20(19)33-4;1-27-15-5-12-8-21-7-11(12)4-14(15)24-18-17-13-3-2-10(20(25)26)6-16(13)28-19(17)23-9-22-18/h8-9,11,14-15H,6-7,10,12-13H2,1-5H3,(H,28,29,30);4-5,7,9-10H,2-3,6,8H2,1H3,(H,25,26)(H,22,23,24)/t15-;10-/m00/s1. The Hall–Kier alpha value is -6.04. The number of nitrogens with one attached hydrogen (secondary N) is 2. The molecule has 6 aromatic rings. The Morgan fingerprint density at radius 2 is 1.25 bits per heavy atom. The van der Waals surface area contributed by atoms with Gasteiger partial charge in [-0.2, -0.15) is 0 Å². The van der Waals surface area contributed by atoms with Crippen LogP contribution in [0.1, 0.15) is 69.8 Å². The first-order valence-corrected chi connectivity index (χ1v) is 22.6. The summed E-state index contributed by atoms with van der Waals surface area (Å²) in [6.07, 6.45) is 11.2. The van der Waals surface area contributed by atoms with Crippen LogP contribution in [0.25, 0.3) is 20.4 Å². The first kappa shape index (κ1) is 42.3. The molecule has 15 nitrogen and oxygen atoms in total. The van der Waals surface area contributed by atoms with E-state index in [0.29, 0.717) is 32.5 Å². The zero-order valence-electron chi connectivity index (χ0n) is 36.1. The van der Waals surface area contributed by atoms with Crippen LogP contribution in [0.3, 0.4) is 0 Å². The fraction of sp³-hybridized carbons (Fsp3) is 0.391. The number of carbonyl (C=O) groups is 2. The van der Waals surface area contributed by atoms with Gasteiger partial charge in [0.2, 0.25) is 5.91 Å². The molecule has 10 rings (SSSR count). The number of carbonyl (C=O) groups excluding carboxylic acids is 1. The van der Waals surface area contributed by atoms with Gasteiger partial charge in [0, 0.05) is 48.8 Å². The van der Waals surface area contributed by atoms with Crippen molar-refractivity contribution in [3.63, 3.8) is 0 Å². The Morgan fingerprint density at radius 1 is 0.762 bits per heavy atom. The number of amides is 1. The van der Waals surface area contributed by atoms with Gasteiger partial charge in [-0.05, 0) is 110 Å². The monoisotopic (exact) mass is 887 g/mol. The van der Waals surface area contributed by atoms with Crippen molar-refractivity contribution in [1.29, 1.82) is 0 Å². The highest BCUT2D eigenvalue weighted by molar-refractivity contribution is 7.19. The summed E-state index contributed by atoms with van der Waals surface area (Å²) in [5, 5.41) is 18.3. The number of carboxylic acid groups (broad SMARTS) is 1. The van der Waals surface area contributed by atoms with Gasteiger partial charge in [-0.3, -0.25) is 19.6 Å². The molecule has 0 radical (unpaired) electrons. The van der Waals surface area contributed by atoms with E-state index in [1.165, 1.54) is 16.0 Å². The molecule has 1 amide bonds. The summed E-state index contributed by atoms with van der Waals surface area (Å²) < 4.78 is 16.7. The summed E-state index contributed by atoms with van der Waals surface area (Å²) in [5.74, 6) is 2.09. The number of hydrogen-bond acceptors (Lipinski definition) is 15. The van der Waals surface area contributed by atoms with Crippen LogP contribution in [0, 0.1) is 11.8 Å². The zero-order chi connectivity index (χ0) is 44.0. The lowest BCUT2D eigenvalue weighted by atomic mass is 9.86. The minimum Gasteiger partial charge on any atom is -0.495 e. The van der Waals surface area contributed by atoms with Crippen LogP contribution in [-0.4, -0.2) is 94.8 Å². The van der Waals surface area contributed by atoms with E-state index in [0.717, 1.165) is 108 Å². The third-order valence-electron chi connectivity index (χ3n) is 12.3. The van der Waals surface area contributed by atoms with E-state index >= 15 is 0 Å². The first-order valence-electron chi connectivity index (χ1n) is 20.9. The Bertz CT molecular complexity index is 2830. The molecule has 2 aromatic carbocycles. The lowest BCUT2D eigenvalue weighted by molar-refractivity contribution is -0.142. The molecule has 0 saturated heterocycles. The highest BCUT2D eigenvalue weighted by Crippen LogP contribution is 2.44. The van der Waals surface area contributed by atoms with Gasteiger partial charge in [-0.25, -0.2) is 19.9 Å². The van der Waals surface area contributed by atoms with Crippen LogP contribution in [0.15, 0.2) is 46.9 Å². The predicted octanol–water partition coefficient (Wildman–Crippen LogP) is 7.93. The summed E-state index contributed by atoms with van der Waals surface area (Å²) in [6, 6.07) is 8.12. The molecule has 0 fully saturated rings. The molecular weight excluding hydrogens is 839 g/mol. The fourth-order valence-corrected chi connectivity index (χ4v) is 11.5.